The van der Waals surface area contributed by atoms with Crippen LogP contribution in [0.15, 0.2) is 30.3 Å². The molecule has 1 heterocycles. The van der Waals surface area contributed by atoms with E-state index < -0.39 is 0 Å². The van der Waals surface area contributed by atoms with Crippen molar-refractivity contribution >= 4 is 40.2 Å². The van der Waals surface area contributed by atoms with Crippen molar-refractivity contribution < 1.29 is 0 Å². The lowest BCUT2D eigenvalue weighted by Crippen LogP contribution is -2.16. The van der Waals surface area contributed by atoms with Crippen LogP contribution < -0.4 is 11.1 Å². The minimum atomic E-state index is 0.541. The Morgan fingerprint density at radius 2 is 1.83 bits per heavy atom. The number of nitrogens with one attached hydrogen (secondary N) is 1. The van der Waals surface area contributed by atoms with E-state index in [0.29, 0.717) is 19.6 Å². The summed E-state index contributed by atoms with van der Waals surface area (Å²) in [6.45, 7) is 5.83. The lowest BCUT2D eigenvalue weighted by atomic mass is 10.1. The number of hydrogen-bond donors (Lipinski definition) is 2. The summed E-state index contributed by atoms with van der Waals surface area (Å²) in [5.41, 5.74) is 10.7. The van der Waals surface area contributed by atoms with E-state index >= 15 is 0 Å². The molecule has 0 spiro atoms. The topological polar surface area (TPSA) is 55.9 Å². The van der Waals surface area contributed by atoms with Crippen LogP contribution in [0.4, 0.5) is 5.95 Å². The maximum atomic E-state index is 6.32. The molecule has 3 aromatic rings. The van der Waals surface area contributed by atoms with Crippen LogP contribution in [0, 0.1) is 13.8 Å². The third-order valence-electron chi connectivity index (χ3n) is 4.03. The molecule has 0 atom stereocenters. The van der Waals surface area contributed by atoms with Crippen molar-refractivity contribution in [1.29, 1.82) is 0 Å². The molecule has 0 saturated heterocycles. The summed E-state index contributed by atoms with van der Waals surface area (Å²) in [6.07, 6.45) is 0. The van der Waals surface area contributed by atoms with Gasteiger partial charge in [0, 0.05) is 23.1 Å². The Balaban J connectivity index is 2.08. The maximum Gasteiger partial charge on any atom is 0.204 e. The summed E-state index contributed by atoms with van der Waals surface area (Å²) in [7, 11) is 0. The van der Waals surface area contributed by atoms with Gasteiger partial charge in [0.25, 0.3) is 0 Å². The lowest BCUT2D eigenvalue weighted by molar-refractivity contribution is 0.820. The second kappa shape index (κ2) is 7.01. The van der Waals surface area contributed by atoms with Gasteiger partial charge in [0.1, 0.15) is 0 Å². The van der Waals surface area contributed by atoms with E-state index in [1.165, 1.54) is 0 Å². The van der Waals surface area contributed by atoms with Gasteiger partial charge >= 0.3 is 0 Å². The standard InChI is InChI=1S/C18H20Cl2N4/c1-11-3-4-13(8-14(11)19)10-24-17-9-15(20)12(2)7-16(17)23-18(24)22-6-5-21/h3-4,7-9H,5-6,10,21H2,1-2H3,(H,22,23). The highest BCUT2D eigenvalue weighted by Crippen LogP contribution is 2.28. The quantitative estimate of drug-likeness (QED) is 0.707. The second-order valence-corrected chi connectivity index (χ2v) is 6.73. The average Bonchev–Trinajstić information content (AvgIpc) is 2.86. The van der Waals surface area contributed by atoms with Gasteiger partial charge in [-0.25, -0.2) is 4.98 Å². The summed E-state index contributed by atoms with van der Waals surface area (Å²) in [4.78, 5) is 4.69. The van der Waals surface area contributed by atoms with Gasteiger partial charge in [-0.05, 0) is 48.7 Å². The number of nitrogens with two attached hydrogens (primary N) is 1. The Kier molecular flexibility index (Phi) is 4.99. The van der Waals surface area contributed by atoms with Gasteiger partial charge in [0.05, 0.1) is 17.6 Å². The Morgan fingerprint density at radius 1 is 1.08 bits per heavy atom. The number of rotatable bonds is 5. The molecule has 4 nitrogen and oxygen atoms in total. The van der Waals surface area contributed by atoms with Gasteiger partial charge in [-0.2, -0.15) is 0 Å². The Bertz CT molecular complexity index is 886. The molecule has 0 saturated carbocycles. The fourth-order valence-electron chi connectivity index (χ4n) is 2.65. The second-order valence-electron chi connectivity index (χ2n) is 5.91. The van der Waals surface area contributed by atoms with Gasteiger partial charge in [0.2, 0.25) is 5.95 Å². The van der Waals surface area contributed by atoms with Crippen LogP contribution in [-0.2, 0) is 6.54 Å². The van der Waals surface area contributed by atoms with E-state index in [1.54, 1.807) is 0 Å². The largest absolute Gasteiger partial charge is 0.354 e. The van der Waals surface area contributed by atoms with Crippen molar-refractivity contribution in [2.45, 2.75) is 20.4 Å². The average molecular weight is 363 g/mol. The molecule has 0 aliphatic rings. The normalized spacial score (nSPS) is 11.2. The SMILES string of the molecule is Cc1ccc(Cn2c(NCCN)nc3cc(C)c(Cl)cc32)cc1Cl. The summed E-state index contributed by atoms with van der Waals surface area (Å²) < 4.78 is 2.11. The Hall–Kier alpha value is -1.75. The molecule has 0 aliphatic carbocycles. The first-order valence-corrected chi connectivity index (χ1v) is 8.60. The molecule has 0 amide bonds. The summed E-state index contributed by atoms with van der Waals surface area (Å²) in [6, 6.07) is 10.1. The third-order valence-corrected chi connectivity index (χ3v) is 4.85. The van der Waals surface area contributed by atoms with Crippen molar-refractivity contribution in [3.05, 3.63) is 57.1 Å². The summed E-state index contributed by atoms with van der Waals surface area (Å²) in [5, 5.41) is 4.79. The predicted molar refractivity (Wildman–Crippen MR) is 102 cm³/mol. The van der Waals surface area contributed by atoms with Crippen LogP contribution in [0.25, 0.3) is 11.0 Å². The minimum Gasteiger partial charge on any atom is -0.354 e. The van der Waals surface area contributed by atoms with E-state index in [2.05, 4.69) is 16.0 Å². The predicted octanol–water partition coefficient (Wildman–Crippen LogP) is 4.38. The summed E-state index contributed by atoms with van der Waals surface area (Å²) >= 11 is 12.6. The van der Waals surface area contributed by atoms with Crippen molar-refractivity contribution in [1.82, 2.24) is 9.55 Å². The Morgan fingerprint density at radius 3 is 2.54 bits per heavy atom. The number of aryl methyl sites for hydroxylation is 2. The first kappa shape index (κ1) is 17.1. The molecule has 3 N–H and O–H groups in total. The highest BCUT2D eigenvalue weighted by atomic mass is 35.5. The fraction of sp³-hybridized carbons (Fsp3) is 0.278. The molecule has 0 unspecified atom stereocenters. The molecule has 6 heteroatoms. The first-order valence-electron chi connectivity index (χ1n) is 7.85. The maximum absolute atomic E-state index is 6.32. The lowest BCUT2D eigenvalue weighted by Gasteiger charge is -2.11. The zero-order valence-electron chi connectivity index (χ0n) is 13.7. The molecule has 0 radical (unpaired) electrons. The molecular weight excluding hydrogens is 343 g/mol. The van der Waals surface area contributed by atoms with Crippen LogP contribution in [0.1, 0.15) is 16.7 Å². The molecule has 24 heavy (non-hydrogen) atoms. The molecular formula is C18H20Cl2N4. The highest BCUT2D eigenvalue weighted by Gasteiger charge is 2.13. The molecule has 1 aromatic heterocycles. The van der Waals surface area contributed by atoms with Gasteiger partial charge in [-0.3, -0.25) is 0 Å². The number of aromatic nitrogens is 2. The molecule has 0 aliphatic heterocycles. The zero-order valence-corrected chi connectivity index (χ0v) is 15.2. The number of halogens is 2. The van der Waals surface area contributed by atoms with E-state index in [1.807, 2.05) is 38.1 Å². The number of nitrogens with zero attached hydrogens (tertiary/aromatic N) is 2. The zero-order chi connectivity index (χ0) is 17.3. The fourth-order valence-corrected chi connectivity index (χ4v) is 3.01. The number of imidazole rings is 1. The van der Waals surface area contributed by atoms with Gasteiger partial charge in [-0.15, -0.1) is 0 Å². The van der Waals surface area contributed by atoms with E-state index in [0.717, 1.165) is 43.7 Å². The van der Waals surface area contributed by atoms with Gasteiger partial charge in [-0.1, -0.05) is 35.3 Å². The van der Waals surface area contributed by atoms with Crippen LogP contribution >= 0.6 is 23.2 Å². The molecule has 0 fully saturated rings. The van der Waals surface area contributed by atoms with Crippen molar-refractivity contribution in [3.63, 3.8) is 0 Å². The number of fused-ring (bicyclic) bond motifs is 1. The van der Waals surface area contributed by atoms with Crippen LogP contribution in [0.5, 0.6) is 0 Å². The molecule has 3 rings (SSSR count). The molecule has 2 aromatic carbocycles. The first-order chi connectivity index (χ1) is 11.5. The molecule has 0 bridgehead atoms. The van der Waals surface area contributed by atoms with Gasteiger partial charge < -0.3 is 15.6 Å². The number of anilines is 1. The molecule has 126 valence electrons. The van der Waals surface area contributed by atoms with Crippen LogP contribution in [0.3, 0.4) is 0 Å². The number of hydrogen-bond acceptors (Lipinski definition) is 3. The van der Waals surface area contributed by atoms with Crippen molar-refractivity contribution in [2.24, 2.45) is 5.73 Å². The van der Waals surface area contributed by atoms with Gasteiger partial charge in [0.15, 0.2) is 0 Å². The van der Waals surface area contributed by atoms with Crippen LogP contribution in [-0.4, -0.2) is 22.6 Å². The van der Waals surface area contributed by atoms with Crippen molar-refractivity contribution in [2.75, 3.05) is 18.4 Å². The Labute approximate surface area is 151 Å². The van der Waals surface area contributed by atoms with Crippen molar-refractivity contribution in [3.8, 4) is 0 Å². The van der Waals surface area contributed by atoms with Crippen LogP contribution in [0.2, 0.25) is 10.0 Å². The monoisotopic (exact) mass is 362 g/mol. The smallest absolute Gasteiger partial charge is 0.204 e. The van der Waals surface area contributed by atoms with E-state index in [9.17, 15) is 0 Å². The number of benzene rings is 2. The highest BCUT2D eigenvalue weighted by molar-refractivity contribution is 6.32. The summed E-state index contributed by atoms with van der Waals surface area (Å²) in [5.74, 6) is 0.786. The minimum absolute atomic E-state index is 0.541. The van der Waals surface area contributed by atoms with E-state index in [-0.39, 0.29) is 0 Å². The third kappa shape index (κ3) is 3.36. The van der Waals surface area contributed by atoms with E-state index in [4.69, 9.17) is 33.9 Å².